The van der Waals surface area contributed by atoms with Gasteiger partial charge < -0.3 is 14.7 Å². The number of Topliss-reactive ketones (excluding diaryl/α,β-unsaturated/α-hetero) is 1. The molecule has 4 rings (SSSR count). The number of aromatic nitrogens is 2. The van der Waals surface area contributed by atoms with Crippen molar-refractivity contribution in [1.82, 2.24) is 9.97 Å². The van der Waals surface area contributed by atoms with Gasteiger partial charge in [-0.2, -0.15) is 0 Å². The molecule has 0 spiro atoms. The summed E-state index contributed by atoms with van der Waals surface area (Å²) in [5.41, 5.74) is 0.840. The molecule has 0 unspecified atom stereocenters. The van der Waals surface area contributed by atoms with Gasteiger partial charge >= 0.3 is 0 Å². The van der Waals surface area contributed by atoms with Crippen molar-refractivity contribution in [1.29, 1.82) is 0 Å². The van der Waals surface area contributed by atoms with E-state index in [1.165, 1.54) is 11.8 Å². The molecule has 0 radical (unpaired) electrons. The number of rotatable bonds is 4. The molecule has 2 N–H and O–H groups in total. The summed E-state index contributed by atoms with van der Waals surface area (Å²) < 4.78 is 5.89. The molecule has 3 heterocycles. The summed E-state index contributed by atoms with van der Waals surface area (Å²) >= 11 is 1.52. The van der Waals surface area contributed by atoms with Crippen LogP contribution < -0.4 is 10.9 Å². The van der Waals surface area contributed by atoms with E-state index >= 15 is 0 Å². The number of aromatic amines is 1. The van der Waals surface area contributed by atoms with Crippen LogP contribution in [0.2, 0.25) is 0 Å². The molecule has 2 atom stereocenters. The van der Waals surface area contributed by atoms with Crippen LogP contribution >= 0.6 is 11.8 Å². The highest BCUT2D eigenvalue weighted by atomic mass is 32.2. The molecule has 28 heavy (non-hydrogen) atoms. The highest BCUT2D eigenvalue weighted by molar-refractivity contribution is 7.99. The smallest absolute Gasteiger partial charge is 0.257 e. The van der Waals surface area contributed by atoms with E-state index in [1.54, 1.807) is 0 Å². The van der Waals surface area contributed by atoms with Crippen LogP contribution in [0.4, 0.5) is 5.82 Å². The highest BCUT2D eigenvalue weighted by Gasteiger charge is 2.46. The van der Waals surface area contributed by atoms with E-state index in [2.05, 4.69) is 28.3 Å². The second-order valence-corrected chi connectivity index (χ2v) is 9.33. The van der Waals surface area contributed by atoms with Gasteiger partial charge in [-0.1, -0.05) is 38.6 Å². The molecule has 7 heteroatoms. The first-order valence-electron chi connectivity index (χ1n) is 9.65. The first kappa shape index (κ1) is 19.1. The summed E-state index contributed by atoms with van der Waals surface area (Å²) in [7, 11) is 0. The molecule has 0 fully saturated rings. The number of carbonyl (C=O) groups excluding carboxylic acids is 1. The van der Waals surface area contributed by atoms with Crippen molar-refractivity contribution in [3.05, 3.63) is 51.3 Å². The van der Waals surface area contributed by atoms with Crippen molar-refractivity contribution in [2.45, 2.75) is 51.6 Å². The van der Waals surface area contributed by atoms with E-state index in [0.29, 0.717) is 28.7 Å². The molecule has 0 saturated heterocycles. The number of furan rings is 1. The second kappa shape index (κ2) is 6.95. The highest BCUT2D eigenvalue weighted by Crippen LogP contribution is 2.48. The zero-order chi connectivity index (χ0) is 20.1. The van der Waals surface area contributed by atoms with Gasteiger partial charge in [-0.25, -0.2) is 4.98 Å². The van der Waals surface area contributed by atoms with E-state index in [1.807, 2.05) is 32.9 Å². The average molecular weight is 400 g/mol. The number of hydrogen-bond donors (Lipinski definition) is 2. The number of allylic oxidation sites excluding steroid dienone is 2. The maximum absolute atomic E-state index is 13.1. The van der Waals surface area contributed by atoms with E-state index in [0.717, 1.165) is 23.6 Å². The summed E-state index contributed by atoms with van der Waals surface area (Å²) in [4.78, 5) is 33.7. The Morgan fingerprint density at radius 2 is 2.07 bits per heavy atom. The van der Waals surface area contributed by atoms with Crippen molar-refractivity contribution < 1.29 is 9.21 Å². The number of thioether (sulfide) groups is 1. The first-order valence-corrected chi connectivity index (χ1v) is 10.6. The van der Waals surface area contributed by atoms with E-state index in [9.17, 15) is 9.59 Å². The zero-order valence-electron chi connectivity index (χ0n) is 16.6. The fourth-order valence-electron chi connectivity index (χ4n) is 4.12. The quantitative estimate of drug-likeness (QED) is 0.591. The van der Waals surface area contributed by atoms with Crippen LogP contribution in [-0.4, -0.2) is 21.5 Å². The number of carbonyl (C=O) groups is 1. The zero-order valence-corrected chi connectivity index (χ0v) is 17.4. The lowest BCUT2D eigenvalue weighted by molar-refractivity contribution is -0.124. The third kappa shape index (κ3) is 3.32. The molecule has 2 aromatic rings. The third-order valence-electron chi connectivity index (χ3n) is 5.21. The number of H-pyrrole nitrogens is 1. The van der Waals surface area contributed by atoms with E-state index < -0.39 is 11.8 Å². The third-order valence-corrected chi connectivity index (χ3v) is 6.29. The molecule has 1 aliphatic carbocycles. The second-order valence-electron chi connectivity index (χ2n) is 8.24. The Balaban J connectivity index is 1.91. The summed E-state index contributed by atoms with van der Waals surface area (Å²) in [6, 6.07) is 3.73. The minimum Gasteiger partial charge on any atom is -0.466 e. The van der Waals surface area contributed by atoms with Crippen LogP contribution in [0.3, 0.4) is 0 Å². The van der Waals surface area contributed by atoms with Crippen molar-refractivity contribution in [2.75, 3.05) is 11.1 Å². The summed E-state index contributed by atoms with van der Waals surface area (Å²) in [6.45, 7) is 8.04. The Bertz CT molecular complexity index is 1020. The molecule has 6 nitrogen and oxygen atoms in total. The average Bonchev–Trinajstić information content (AvgIpc) is 3.03. The number of fused-ring (bicyclic) bond motifs is 2. The van der Waals surface area contributed by atoms with Crippen molar-refractivity contribution in [3.8, 4) is 0 Å². The number of aryl methyl sites for hydroxylation is 1. The molecule has 0 saturated carbocycles. The van der Waals surface area contributed by atoms with Gasteiger partial charge in [0, 0.05) is 17.9 Å². The normalized spacial score (nSPS) is 22.9. The lowest BCUT2D eigenvalue weighted by Crippen LogP contribution is -2.41. The maximum atomic E-state index is 13.1. The molecule has 0 bridgehead atoms. The van der Waals surface area contributed by atoms with Gasteiger partial charge in [0.25, 0.3) is 5.56 Å². The Morgan fingerprint density at radius 3 is 2.75 bits per heavy atom. The summed E-state index contributed by atoms with van der Waals surface area (Å²) in [5.74, 6) is 1.97. The first-order chi connectivity index (χ1) is 13.3. The summed E-state index contributed by atoms with van der Waals surface area (Å²) in [5, 5.41) is 3.89. The van der Waals surface area contributed by atoms with Crippen LogP contribution in [0.1, 0.15) is 56.6 Å². The topological polar surface area (TPSA) is 88.0 Å². The summed E-state index contributed by atoms with van der Waals surface area (Å²) in [6.07, 6.45) is 3.53. The van der Waals surface area contributed by atoms with Gasteiger partial charge in [0.05, 0.1) is 17.4 Å². The van der Waals surface area contributed by atoms with Crippen molar-refractivity contribution >= 4 is 23.4 Å². The minimum atomic E-state index is -0.471. The number of ketones is 1. The largest absolute Gasteiger partial charge is 0.466 e. The molecule has 2 aliphatic rings. The van der Waals surface area contributed by atoms with Crippen LogP contribution in [0.15, 0.2) is 38.3 Å². The number of nitrogens with one attached hydrogen (secondary N) is 2. The molecule has 148 valence electrons. The van der Waals surface area contributed by atoms with E-state index in [4.69, 9.17) is 4.42 Å². The number of nitrogens with zero attached hydrogens (tertiary/aromatic N) is 1. The predicted molar refractivity (Wildman–Crippen MR) is 110 cm³/mol. The van der Waals surface area contributed by atoms with Gasteiger partial charge in [0.1, 0.15) is 23.1 Å². The van der Waals surface area contributed by atoms with Gasteiger partial charge in [0.2, 0.25) is 0 Å². The van der Waals surface area contributed by atoms with E-state index in [-0.39, 0.29) is 16.8 Å². The minimum absolute atomic E-state index is 0.114. The predicted octanol–water partition coefficient (Wildman–Crippen LogP) is 4.23. The van der Waals surface area contributed by atoms with Crippen LogP contribution in [0, 0.1) is 18.3 Å². The van der Waals surface area contributed by atoms with Crippen LogP contribution in [-0.2, 0) is 4.79 Å². The van der Waals surface area contributed by atoms with Crippen LogP contribution in [0.25, 0.3) is 0 Å². The SMILES string of the molecule is CCCSc1nc2c(c(=O)[nH]1)[C@@H](c1ccc(C)o1)[C@@H]1C(=O)CC(C)(C)C=C1N2. The van der Waals surface area contributed by atoms with Gasteiger partial charge in [-0.3, -0.25) is 9.59 Å². The van der Waals surface area contributed by atoms with Gasteiger partial charge in [-0.05, 0) is 30.9 Å². The Kier molecular flexibility index (Phi) is 4.73. The van der Waals surface area contributed by atoms with Crippen molar-refractivity contribution in [3.63, 3.8) is 0 Å². The molecular formula is C21H25N3O3S. The lowest BCUT2D eigenvalue weighted by Gasteiger charge is -2.39. The monoisotopic (exact) mass is 399 g/mol. The Hall–Kier alpha value is -2.28. The fraction of sp³-hybridized carbons (Fsp3) is 0.476. The Morgan fingerprint density at radius 1 is 1.29 bits per heavy atom. The molecular weight excluding hydrogens is 374 g/mol. The fourth-order valence-corrected chi connectivity index (χ4v) is 4.83. The Labute approximate surface area is 168 Å². The molecule has 0 amide bonds. The molecule has 0 aromatic carbocycles. The van der Waals surface area contributed by atoms with Crippen LogP contribution in [0.5, 0.6) is 0 Å². The number of hydrogen-bond acceptors (Lipinski definition) is 6. The lowest BCUT2D eigenvalue weighted by atomic mass is 9.68. The molecule has 2 aromatic heterocycles. The van der Waals surface area contributed by atoms with Gasteiger partial charge in [-0.15, -0.1) is 0 Å². The van der Waals surface area contributed by atoms with Crippen molar-refractivity contribution in [2.24, 2.45) is 11.3 Å². The number of anilines is 1. The maximum Gasteiger partial charge on any atom is 0.257 e. The van der Waals surface area contributed by atoms with Gasteiger partial charge in [0.15, 0.2) is 5.16 Å². The standard InChI is InChI=1S/C21H25N3O3S/c1-5-8-28-20-23-18-17(19(26)24-20)16(14-7-6-11(2)27-14)15-12(22-18)9-21(3,4)10-13(15)25/h6-7,9,15-16H,5,8,10H2,1-4H3,(H2,22,23,24,26)/t15-,16-/m0/s1. The molecule has 1 aliphatic heterocycles.